The Morgan fingerprint density at radius 1 is 0.900 bits per heavy atom. The summed E-state index contributed by atoms with van der Waals surface area (Å²) >= 11 is 6.38. The van der Waals surface area contributed by atoms with Crippen LogP contribution in [0.2, 0.25) is 5.02 Å². The predicted molar refractivity (Wildman–Crippen MR) is 224 cm³/mol. The number of amides is 4. The van der Waals surface area contributed by atoms with E-state index in [1.165, 1.54) is 0 Å². The summed E-state index contributed by atoms with van der Waals surface area (Å²) in [5.74, 6) is -0.940. The van der Waals surface area contributed by atoms with Crippen molar-refractivity contribution in [2.24, 2.45) is 5.41 Å². The van der Waals surface area contributed by atoms with E-state index in [0.29, 0.717) is 79.9 Å². The average Bonchev–Trinajstić information content (AvgIpc) is 3.80. The summed E-state index contributed by atoms with van der Waals surface area (Å²) in [6.07, 6.45) is 1.76. The fourth-order valence-electron chi connectivity index (χ4n) is 10.5. The largest absolute Gasteiger partial charge is 0.379 e. The highest BCUT2D eigenvalue weighted by atomic mass is 35.5. The Labute approximate surface area is 354 Å². The third kappa shape index (κ3) is 7.62. The molecule has 3 aromatic rings. The maximum atomic E-state index is 13.6. The topological polar surface area (TPSA) is 164 Å². The number of nitrogens with zero attached hydrogens (tertiary/aromatic N) is 7. The highest BCUT2D eigenvalue weighted by molar-refractivity contribution is 6.32. The number of halogens is 1. The number of hydrogen-bond donors (Lipinski definition) is 3. The van der Waals surface area contributed by atoms with Crippen LogP contribution in [0.3, 0.4) is 0 Å². The Kier molecular flexibility index (Phi) is 10.8. The van der Waals surface area contributed by atoms with Gasteiger partial charge in [0.2, 0.25) is 11.8 Å². The van der Waals surface area contributed by atoms with Gasteiger partial charge < -0.3 is 29.8 Å². The van der Waals surface area contributed by atoms with Gasteiger partial charge in [-0.3, -0.25) is 34.3 Å². The molecule has 6 aliphatic heterocycles. The molecule has 15 heteroatoms. The van der Waals surface area contributed by atoms with Gasteiger partial charge in [0.15, 0.2) is 0 Å². The zero-order valence-electron chi connectivity index (χ0n) is 33.9. The molecule has 60 heavy (non-hydrogen) atoms. The molecule has 0 aromatic heterocycles. The van der Waals surface area contributed by atoms with Crippen LogP contribution in [-0.4, -0.2) is 130 Å². The molecule has 6 heterocycles. The summed E-state index contributed by atoms with van der Waals surface area (Å²) in [4.78, 5) is 65.8. The van der Waals surface area contributed by atoms with Crippen molar-refractivity contribution < 1.29 is 29.4 Å². The van der Waals surface area contributed by atoms with Gasteiger partial charge in [0.1, 0.15) is 18.5 Å². The number of nitriles is 1. The number of hydrogen-bond acceptors (Lipinski definition) is 11. The van der Waals surface area contributed by atoms with Crippen LogP contribution < -0.4 is 15.1 Å². The summed E-state index contributed by atoms with van der Waals surface area (Å²) in [5.41, 5.74) is 6.40. The van der Waals surface area contributed by atoms with Crippen molar-refractivity contribution in [3.63, 3.8) is 0 Å². The fourth-order valence-corrected chi connectivity index (χ4v) is 10.7. The third-order valence-corrected chi connectivity index (χ3v) is 14.2. The van der Waals surface area contributed by atoms with E-state index < -0.39 is 30.3 Å². The molecule has 4 amide bonds. The van der Waals surface area contributed by atoms with Crippen molar-refractivity contribution in [2.45, 2.75) is 83.1 Å². The Bertz CT molecular complexity index is 2250. The number of nitrogens with one attached hydrogen (secondary N) is 1. The minimum atomic E-state index is -1.22. The molecule has 314 valence electrons. The SMILES string of the molecule is C[C@H]1CC2(CCN(c3ccc(C(=O)N4CCN(CC(=O)N5Cc6cc7cc(c6C5)CC(=O)N(C5CCC(O)NC5O)C7=O)CC4)cc3)CC2)CN1c1ccc(C#N)c(Cl)c1. The van der Waals surface area contributed by atoms with Crippen LogP contribution in [0.4, 0.5) is 11.4 Å². The summed E-state index contributed by atoms with van der Waals surface area (Å²) in [6.45, 7) is 8.24. The number of benzene rings is 3. The molecule has 3 aromatic carbocycles. The molecule has 9 rings (SSSR count). The van der Waals surface area contributed by atoms with E-state index in [2.05, 4.69) is 45.1 Å². The molecule has 4 fully saturated rings. The first-order valence-electron chi connectivity index (χ1n) is 21.1. The van der Waals surface area contributed by atoms with E-state index in [1.54, 1.807) is 17.0 Å². The van der Waals surface area contributed by atoms with Crippen molar-refractivity contribution >= 4 is 46.6 Å². The molecule has 14 nitrogen and oxygen atoms in total. The van der Waals surface area contributed by atoms with E-state index in [9.17, 15) is 34.7 Å². The molecule has 3 unspecified atom stereocenters. The second-order valence-corrected chi connectivity index (χ2v) is 18.0. The summed E-state index contributed by atoms with van der Waals surface area (Å²) in [7, 11) is 0. The van der Waals surface area contributed by atoms with Crippen LogP contribution in [0.15, 0.2) is 54.6 Å². The first kappa shape index (κ1) is 40.4. The molecule has 0 radical (unpaired) electrons. The van der Waals surface area contributed by atoms with Crippen LogP contribution in [-0.2, 0) is 29.1 Å². The van der Waals surface area contributed by atoms with Gasteiger partial charge in [0.25, 0.3) is 11.8 Å². The molecular weight excluding hydrogens is 784 g/mol. The quantitative estimate of drug-likeness (QED) is 0.313. The van der Waals surface area contributed by atoms with Crippen LogP contribution in [0.25, 0.3) is 0 Å². The highest BCUT2D eigenvalue weighted by Gasteiger charge is 2.45. The summed E-state index contributed by atoms with van der Waals surface area (Å²) < 4.78 is 0. The Morgan fingerprint density at radius 3 is 2.32 bits per heavy atom. The van der Waals surface area contributed by atoms with Crippen molar-refractivity contribution in [3.8, 4) is 6.07 Å². The maximum absolute atomic E-state index is 13.6. The minimum Gasteiger partial charge on any atom is -0.379 e. The third-order valence-electron chi connectivity index (χ3n) is 13.9. The van der Waals surface area contributed by atoms with Gasteiger partial charge in [-0.05, 0) is 116 Å². The number of piperazine rings is 1. The van der Waals surface area contributed by atoms with Crippen molar-refractivity contribution in [1.82, 2.24) is 24.9 Å². The number of aliphatic hydroxyl groups is 2. The van der Waals surface area contributed by atoms with Gasteiger partial charge in [-0.1, -0.05) is 11.6 Å². The van der Waals surface area contributed by atoms with Crippen LogP contribution in [0.1, 0.15) is 82.0 Å². The molecule has 0 aliphatic carbocycles. The number of carbonyl (C=O) groups is 4. The molecule has 6 aliphatic rings. The molecule has 4 atom stereocenters. The molecule has 2 bridgehead atoms. The van der Waals surface area contributed by atoms with E-state index in [4.69, 9.17) is 11.6 Å². The lowest BCUT2D eigenvalue weighted by Gasteiger charge is -2.40. The smallest absolute Gasteiger partial charge is 0.260 e. The maximum Gasteiger partial charge on any atom is 0.260 e. The number of piperidine rings is 2. The van der Waals surface area contributed by atoms with Crippen LogP contribution in [0, 0.1) is 16.7 Å². The standard InChI is InChI=1S/C45H51ClN8O6/c1-28-22-45(27-53(28)35-7-4-30(23-47)37(46)21-35)10-12-50(13-11-45)34-5-2-29(3-6-34)43(59)51-16-14-49(15-17-51)26-41(57)52-24-33-19-32-18-31(36(33)25-52)20-40(56)54(44(32)60)38-8-9-39(55)48-42(38)58/h2-7,18-19,21,28,38-39,42,48,55,58H,8-17,20,22,24-27H2,1H3/t28-,38?,39?,42?/m0/s1. The lowest BCUT2D eigenvalue weighted by atomic mass is 9.76. The van der Waals surface area contributed by atoms with Crippen LogP contribution >= 0.6 is 11.6 Å². The first-order valence-corrected chi connectivity index (χ1v) is 21.5. The number of aliphatic hydroxyl groups excluding tert-OH is 2. The lowest BCUT2D eigenvalue weighted by Crippen LogP contribution is -2.59. The van der Waals surface area contributed by atoms with Gasteiger partial charge in [-0.25, -0.2) is 0 Å². The summed E-state index contributed by atoms with van der Waals surface area (Å²) in [6, 6.07) is 19.0. The van der Waals surface area contributed by atoms with Crippen molar-refractivity contribution in [3.05, 3.63) is 93.0 Å². The number of rotatable bonds is 6. The Morgan fingerprint density at radius 2 is 1.62 bits per heavy atom. The van der Waals surface area contributed by atoms with Gasteiger partial charge in [0, 0.05) is 87.4 Å². The normalized spacial score (nSPS) is 25.4. The Hall–Kier alpha value is -5.04. The second kappa shape index (κ2) is 16.1. The first-order chi connectivity index (χ1) is 28.9. The molecule has 1 spiro atoms. The van der Waals surface area contributed by atoms with E-state index in [1.807, 2.05) is 35.2 Å². The minimum absolute atomic E-state index is 0.00871. The number of anilines is 2. The zero-order valence-corrected chi connectivity index (χ0v) is 34.6. The zero-order chi connectivity index (χ0) is 41.9. The molecule has 4 saturated heterocycles. The van der Waals surface area contributed by atoms with Gasteiger partial charge in [-0.2, -0.15) is 5.26 Å². The number of imide groups is 1. The highest BCUT2D eigenvalue weighted by Crippen LogP contribution is 2.46. The fraction of sp³-hybridized carbons (Fsp3) is 0.489. The predicted octanol–water partition coefficient (Wildman–Crippen LogP) is 3.31. The van der Waals surface area contributed by atoms with Crippen molar-refractivity contribution in [1.29, 1.82) is 5.26 Å². The average molecular weight is 835 g/mol. The molecule has 0 saturated carbocycles. The van der Waals surface area contributed by atoms with Gasteiger partial charge >= 0.3 is 0 Å². The monoisotopic (exact) mass is 834 g/mol. The van der Waals surface area contributed by atoms with E-state index >= 15 is 0 Å². The van der Waals surface area contributed by atoms with Gasteiger partial charge in [0.05, 0.1) is 29.6 Å². The van der Waals surface area contributed by atoms with Crippen LogP contribution in [0.5, 0.6) is 0 Å². The molecule has 3 N–H and O–H groups in total. The number of carbonyl (C=O) groups excluding carboxylic acids is 4. The van der Waals surface area contributed by atoms with E-state index in [0.717, 1.165) is 71.9 Å². The lowest BCUT2D eigenvalue weighted by molar-refractivity contribution is -0.135. The number of fused-ring (bicyclic) bond motifs is 4. The van der Waals surface area contributed by atoms with Gasteiger partial charge in [-0.15, -0.1) is 0 Å². The molecular formula is C45H51ClN8O6. The Balaban J connectivity index is 0.745. The van der Waals surface area contributed by atoms with Crippen molar-refractivity contribution in [2.75, 3.05) is 62.2 Å². The van der Waals surface area contributed by atoms with E-state index in [-0.39, 0.29) is 30.2 Å². The summed E-state index contributed by atoms with van der Waals surface area (Å²) in [5, 5.41) is 32.8. The second-order valence-electron chi connectivity index (χ2n) is 17.6.